The lowest BCUT2D eigenvalue weighted by molar-refractivity contribution is 0.402. The van der Waals surface area contributed by atoms with E-state index in [1.165, 1.54) is 20.0 Å². The zero-order valence-corrected chi connectivity index (χ0v) is 16.1. The van der Waals surface area contributed by atoms with Crippen molar-refractivity contribution in [1.82, 2.24) is 0 Å². The second-order valence-corrected chi connectivity index (χ2v) is 8.82. The molecule has 0 amide bonds. The van der Waals surface area contributed by atoms with E-state index in [1.54, 1.807) is 16.4 Å². The molecule has 0 spiro atoms. The molecular formula is C20H24N2O3S. The highest BCUT2D eigenvalue weighted by Gasteiger charge is 2.33. The standard InChI is InChI=1S/C20H24N2O3S/c1-15-5-8-19(25-2)20(13-15)26(23,24)22-12-9-16-6-7-17(14-18(16)22)21-10-3-4-11-21/h5-8,13-14H,3-4,9-12H2,1-2H3. The maximum Gasteiger partial charge on any atom is 0.268 e. The van der Waals surface area contributed by atoms with Crippen LogP contribution in [0.4, 0.5) is 11.4 Å². The van der Waals surface area contributed by atoms with E-state index in [2.05, 4.69) is 17.0 Å². The van der Waals surface area contributed by atoms with E-state index in [-0.39, 0.29) is 4.90 Å². The molecule has 0 bridgehead atoms. The van der Waals surface area contributed by atoms with Crippen LogP contribution in [0.1, 0.15) is 24.0 Å². The number of benzene rings is 2. The molecule has 0 N–H and O–H groups in total. The molecule has 2 heterocycles. The smallest absolute Gasteiger partial charge is 0.268 e. The third kappa shape index (κ3) is 2.82. The van der Waals surface area contributed by atoms with Crippen LogP contribution in [0.25, 0.3) is 0 Å². The Morgan fingerprint density at radius 2 is 1.77 bits per heavy atom. The molecule has 138 valence electrons. The Labute approximate surface area is 155 Å². The van der Waals surface area contributed by atoms with E-state index in [4.69, 9.17) is 4.74 Å². The monoisotopic (exact) mass is 372 g/mol. The molecule has 0 unspecified atom stereocenters. The van der Waals surface area contributed by atoms with Gasteiger partial charge in [-0.3, -0.25) is 4.31 Å². The predicted octanol–water partition coefficient (Wildman–Crippen LogP) is 3.36. The molecule has 26 heavy (non-hydrogen) atoms. The molecule has 2 aliphatic heterocycles. The highest BCUT2D eigenvalue weighted by molar-refractivity contribution is 7.93. The Hall–Kier alpha value is -2.21. The molecule has 1 fully saturated rings. The lowest BCUT2D eigenvalue weighted by atomic mass is 10.1. The van der Waals surface area contributed by atoms with Crippen LogP contribution in [-0.4, -0.2) is 35.2 Å². The maximum atomic E-state index is 13.4. The van der Waals surface area contributed by atoms with Crippen LogP contribution >= 0.6 is 0 Å². The lowest BCUT2D eigenvalue weighted by Crippen LogP contribution is -2.29. The lowest BCUT2D eigenvalue weighted by Gasteiger charge is -2.23. The first kappa shape index (κ1) is 17.2. The summed E-state index contributed by atoms with van der Waals surface area (Å²) < 4.78 is 33.7. The number of ether oxygens (including phenoxy) is 1. The van der Waals surface area contributed by atoms with E-state index < -0.39 is 10.0 Å². The number of fused-ring (bicyclic) bond motifs is 1. The zero-order chi connectivity index (χ0) is 18.3. The molecule has 0 radical (unpaired) electrons. The van der Waals surface area contributed by atoms with Crippen molar-refractivity contribution in [1.29, 1.82) is 0 Å². The maximum absolute atomic E-state index is 13.4. The second-order valence-electron chi connectivity index (χ2n) is 6.99. The van der Waals surface area contributed by atoms with Gasteiger partial charge < -0.3 is 9.64 Å². The van der Waals surface area contributed by atoms with Gasteiger partial charge in [0.1, 0.15) is 10.6 Å². The number of nitrogens with zero attached hydrogens (tertiary/aromatic N) is 2. The highest BCUT2D eigenvalue weighted by atomic mass is 32.2. The number of methoxy groups -OCH3 is 1. The zero-order valence-electron chi connectivity index (χ0n) is 15.2. The first-order chi connectivity index (χ1) is 12.5. The Kier molecular flexibility index (Phi) is 4.31. The summed E-state index contributed by atoms with van der Waals surface area (Å²) in [6, 6.07) is 11.5. The fraction of sp³-hybridized carbons (Fsp3) is 0.400. The Bertz CT molecular complexity index is 934. The molecule has 5 nitrogen and oxygen atoms in total. The van der Waals surface area contributed by atoms with E-state index in [9.17, 15) is 8.42 Å². The van der Waals surface area contributed by atoms with Gasteiger partial charge in [-0.25, -0.2) is 8.42 Å². The van der Waals surface area contributed by atoms with Gasteiger partial charge >= 0.3 is 0 Å². The van der Waals surface area contributed by atoms with Crippen LogP contribution in [0, 0.1) is 6.92 Å². The normalized spacial score (nSPS) is 16.8. The van der Waals surface area contributed by atoms with Crippen molar-refractivity contribution in [2.75, 3.05) is 35.9 Å². The van der Waals surface area contributed by atoms with Crippen LogP contribution in [0.15, 0.2) is 41.3 Å². The molecule has 6 heteroatoms. The van der Waals surface area contributed by atoms with E-state index in [0.717, 1.165) is 42.0 Å². The largest absolute Gasteiger partial charge is 0.495 e. The topological polar surface area (TPSA) is 49.9 Å². The van der Waals surface area contributed by atoms with Crippen LogP contribution in [0.2, 0.25) is 0 Å². The SMILES string of the molecule is COc1ccc(C)cc1S(=O)(=O)N1CCc2ccc(N3CCCC3)cc21. The van der Waals surface area contributed by atoms with Crippen LogP contribution in [0.5, 0.6) is 5.75 Å². The number of hydrogen-bond acceptors (Lipinski definition) is 4. The molecule has 0 aliphatic carbocycles. The molecule has 2 aliphatic rings. The Morgan fingerprint density at radius 3 is 2.50 bits per heavy atom. The summed E-state index contributed by atoms with van der Waals surface area (Å²) in [5, 5.41) is 0. The van der Waals surface area contributed by atoms with Crippen molar-refractivity contribution in [3.05, 3.63) is 47.5 Å². The van der Waals surface area contributed by atoms with E-state index in [0.29, 0.717) is 12.3 Å². The average Bonchev–Trinajstić information content (AvgIpc) is 3.31. The van der Waals surface area contributed by atoms with Crippen molar-refractivity contribution in [2.24, 2.45) is 0 Å². The van der Waals surface area contributed by atoms with E-state index in [1.807, 2.05) is 19.1 Å². The average molecular weight is 372 g/mol. The Balaban J connectivity index is 1.76. The number of anilines is 2. The minimum Gasteiger partial charge on any atom is -0.495 e. The van der Waals surface area contributed by atoms with Crippen molar-refractivity contribution in [2.45, 2.75) is 31.1 Å². The summed E-state index contributed by atoms with van der Waals surface area (Å²) in [7, 11) is -2.16. The fourth-order valence-electron chi connectivity index (χ4n) is 3.86. The van der Waals surface area contributed by atoms with Gasteiger partial charge in [-0.1, -0.05) is 12.1 Å². The van der Waals surface area contributed by atoms with Crippen LogP contribution in [-0.2, 0) is 16.4 Å². The summed E-state index contributed by atoms with van der Waals surface area (Å²) in [4.78, 5) is 2.57. The first-order valence-corrected chi connectivity index (χ1v) is 10.5. The number of sulfonamides is 1. The van der Waals surface area contributed by atoms with Gasteiger partial charge in [0, 0.05) is 25.3 Å². The van der Waals surface area contributed by atoms with Gasteiger partial charge in [0.15, 0.2) is 0 Å². The molecule has 0 saturated carbocycles. The minimum atomic E-state index is -3.67. The molecular weight excluding hydrogens is 348 g/mol. The van der Waals surface area contributed by atoms with Crippen molar-refractivity contribution in [3.8, 4) is 5.75 Å². The summed E-state index contributed by atoms with van der Waals surface area (Å²) in [6.07, 6.45) is 3.13. The molecule has 0 atom stereocenters. The van der Waals surface area contributed by atoms with Gasteiger partial charge in [0.25, 0.3) is 10.0 Å². The first-order valence-electron chi connectivity index (χ1n) is 9.06. The third-order valence-corrected chi connectivity index (χ3v) is 7.11. The third-order valence-electron chi connectivity index (χ3n) is 5.28. The molecule has 2 aromatic rings. The number of rotatable bonds is 4. The number of aryl methyl sites for hydroxylation is 1. The van der Waals surface area contributed by atoms with Crippen molar-refractivity contribution in [3.63, 3.8) is 0 Å². The second kappa shape index (κ2) is 6.50. The summed E-state index contributed by atoms with van der Waals surface area (Å²) >= 11 is 0. The summed E-state index contributed by atoms with van der Waals surface area (Å²) in [6.45, 7) is 4.44. The van der Waals surface area contributed by atoms with E-state index >= 15 is 0 Å². The molecule has 0 aromatic heterocycles. The molecule has 1 saturated heterocycles. The van der Waals surface area contributed by atoms with Crippen LogP contribution < -0.4 is 13.9 Å². The van der Waals surface area contributed by atoms with Gasteiger partial charge in [0.05, 0.1) is 12.8 Å². The van der Waals surface area contributed by atoms with Crippen LogP contribution in [0.3, 0.4) is 0 Å². The van der Waals surface area contributed by atoms with Gasteiger partial charge in [-0.05, 0) is 61.6 Å². The fourth-order valence-corrected chi connectivity index (χ4v) is 5.60. The van der Waals surface area contributed by atoms with Crippen molar-refractivity contribution < 1.29 is 13.2 Å². The van der Waals surface area contributed by atoms with Gasteiger partial charge in [-0.15, -0.1) is 0 Å². The van der Waals surface area contributed by atoms with Gasteiger partial charge in [0.2, 0.25) is 0 Å². The minimum absolute atomic E-state index is 0.236. The highest BCUT2D eigenvalue weighted by Crippen LogP contribution is 2.38. The predicted molar refractivity (Wildman–Crippen MR) is 104 cm³/mol. The summed E-state index contributed by atoms with van der Waals surface area (Å²) in [5.74, 6) is 0.389. The Morgan fingerprint density at radius 1 is 1.00 bits per heavy atom. The van der Waals surface area contributed by atoms with Gasteiger partial charge in [-0.2, -0.15) is 0 Å². The van der Waals surface area contributed by atoms with Crippen molar-refractivity contribution >= 4 is 21.4 Å². The molecule has 2 aromatic carbocycles. The molecule has 4 rings (SSSR count). The quantitative estimate of drug-likeness (QED) is 0.826. The number of hydrogen-bond donors (Lipinski definition) is 0. The summed E-state index contributed by atoms with van der Waals surface area (Å²) in [5.41, 5.74) is 3.90.